The molecule has 0 aliphatic rings. The van der Waals surface area contributed by atoms with Crippen molar-refractivity contribution < 1.29 is 19.4 Å². The number of aromatic nitrogens is 1. The normalized spacial score (nSPS) is 12.4. The molecule has 31 heavy (non-hydrogen) atoms. The first-order chi connectivity index (χ1) is 14.9. The van der Waals surface area contributed by atoms with E-state index in [1.807, 2.05) is 30.3 Å². The van der Waals surface area contributed by atoms with Gasteiger partial charge in [0, 0.05) is 25.4 Å². The van der Waals surface area contributed by atoms with E-state index in [2.05, 4.69) is 15.6 Å². The van der Waals surface area contributed by atoms with Crippen molar-refractivity contribution in [2.75, 3.05) is 0 Å². The largest absolute Gasteiger partial charge is 0.508 e. The minimum absolute atomic E-state index is 0.0648. The molecule has 3 N–H and O–H groups in total. The maximum atomic E-state index is 13.1. The number of alkyl carbamates (subject to hydrolysis) is 1. The van der Waals surface area contributed by atoms with Crippen molar-refractivity contribution >= 4 is 12.0 Å². The predicted octanol–water partition coefficient (Wildman–Crippen LogP) is 3.33. The second kappa shape index (κ2) is 10.2. The number of hydrogen-bond acceptors (Lipinski definition) is 5. The number of amides is 2. The van der Waals surface area contributed by atoms with Gasteiger partial charge in [-0.1, -0.05) is 42.5 Å². The molecule has 0 radical (unpaired) electrons. The van der Waals surface area contributed by atoms with E-state index in [0.29, 0.717) is 6.54 Å². The Labute approximate surface area is 181 Å². The van der Waals surface area contributed by atoms with Gasteiger partial charge in [-0.15, -0.1) is 0 Å². The standard InChI is InChI=1S/C24H25N3O4/c1-24(15-18-7-9-21(28)10-8-18,22(29)26-16-19-5-3-2-4-6-19)27-23(30)31-17-20-11-13-25-14-12-20/h2-14,28H,15-17H2,1H3,(H,26,29)(H,27,30)/t24-/m0/s1. The average molecular weight is 419 g/mol. The third kappa shape index (κ3) is 6.57. The number of ether oxygens (including phenoxy) is 1. The molecule has 0 aliphatic heterocycles. The number of carbonyl (C=O) groups excluding carboxylic acids is 2. The minimum Gasteiger partial charge on any atom is -0.508 e. The summed E-state index contributed by atoms with van der Waals surface area (Å²) in [4.78, 5) is 29.5. The third-order valence-corrected chi connectivity index (χ3v) is 4.79. The molecule has 0 fully saturated rings. The molecule has 0 unspecified atom stereocenters. The molecule has 3 aromatic rings. The van der Waals surface area contributed by atoms with Crippen molar-refractivity contribution in [1.82, 2.24) is 15.6 Å². The molecule has 1 atom stereocenters. The summed E-state index contributed by atoms with van der Waals surface area (Å²) in [5, 5.41) is 15.1. The van der Waals surface area contributed by atoms with Crippen LogP contribution in [0, 0.1) is 0 Å². The lowest BCUT2D eigenvalue weighted by molar-refractivity contribution is -0.127. The number of carbonyl (C=O) groups is 2. The Bertz CT molecular complexity index is 994. The van der Waals surface area contributed by atoms with Crippen LogP contribution in [0.3, 0.4) is 0 Å². The number of pyridine rings is 1. The number of hydrogen-bond donors (Lipinski definition) is 3. The van der Waals surface area contributed by atoms with Crippen molar-refractivity contribution in [3.8, 4) is 5.75 Å². The van der Waals surface area contributed by atoms with Crippen molar-refractivity contribution in [2.24, 2.45) is 0 Å². The van der Waals surface area contributed by atoms with Crippen molar-refractivity contribution in [1.29, 1.82) is 0 Å². The second-order valence-electron chi connectivity index (χ2n) is 7.40. The number of phenols is 1. The maximum absolute atomic E-state index is 13.1. The average Bonchev–Trinajstić information content (AvgIpc) is 2.79. The molecule has 1 heterocycles. The molecule has 0 spiro atoms. The SMILES string of the molecule is C[C@@](Cc1ccc(O)cc1)(NC(=O)OCc1ccncc1)C(=O)NCc1ccccc1. The summed E-state index contributed by atoms with van der Waals surface area (Å²) in [5.74, 6) is -0.214. The molecule has 0 aliphatic carbocycles. The molecular formula is C24H25N3O4. The lowest BCUT2D eigenvalue weighted by Gasteiger charge is -2.29. The Balaban J connectivity index is 1.69. The molecule has 7 nitrogen and oxygen atoms in total. The fourth-order valence-electron chi connectivity index (χ4n) is 3.07. The van der Waals surface area contributed by atoms with Gasteiger partial charge in [0.15, 0.2) is 0 Å². The fourth-order valence-corrected chi connectivity index (χ4v) is 3.07. The zero-order chi connectivity index (χ0) is 22.1. The Morgan fingerprint density at radius 2 is 1.61 bits per heavy atom. The summed E-state index contributed by atoms with van der Waals surface area (Å²) in [5.41, 5.74) is 1.26. The van der Waals surface area contributed by atoms with Crippen molar-refractivity contribution in [2.45, 2.75) is 32.0 Å². The molecule has 160 valence electrons. The number of nitrogens with one attached hydrogen (secondary N) is 2. The lowest BCUT2D eigenvalue weighted by atomic mass is 9.91. The maximum Gasteiger partial charge on any atom is 0.408 e. The van der Waals surface area contributed by atoms with Gasteiger partial charge in [0.05, 0.1) is 0 Å². The van der Waals surface area contributed by atoms with E-state index < -0.39 is 11.6 Å². The quantitative estimate of drug-likeness (QED) is 0.520. The fraction of sp³-hybridized carbons (Fsp3) is 0.208. The molecule has 2 amide bonds. The van der Waals surface area contributed by atoms with E-state index >= 15 is 0 Å². The monoisotopic (exact) mass is 419 g/mol. The van der Waals surface area contributed by atoms with Crippen LogP contribution in [0.1, 0.15) is 23.6 Å². The van der Waals surface area contributed by atoms with Gasteiger partial charge in [-0.25, -0.2) is 4.79 Å². The summed E-state index contributed by atoms with van der Waals surface area (Å²) >= 11 is 0. The second-order valence-corrected chi connectivity index (χ2v) is 7.40. The molecule has 0 bridgehead atoms. The van der Waals surface area contributed by atoms with Crippen LogP contribution in [-0.4, -0.2) is 27.6 Å². The predicted molar refractivity (Wildman–Crippen MR) is 116 cm³/mol. The van der Waals surface area contributed by atoms with Gasteiger partial charge in [0.25, 0.3) is 0 Å². The Hall–Kier alpha value is -3.87. The van der Waals surface area contributed by atoms with E-state index in [1.54, 1.807) is 55.7 Å². The van der Waals surface area contributed by atoms with Gasteiger partial charge >= 0.3 is 6.09 Å². The zero-order valence-corrected chi connectivity index (χ0v) is 17.2. The highest BCUT2D eigenvalue weighted by Gasteiger charge is 2.35. The van der Waals surface area contributed by atoms with Crippen molar-refractivity contribution in [3.05, 3.63) is 95.8 Å². The first-order valence-electron chi connectivity index (χ1n) is 9.88. The van der Waals surface area contributed by atoms with E-state index in [1.165, 1.54) is 0 Å². The van der Waals surface area contributed by atoms with Gasteiger partial charge in [-0.05, 0) is 47.9 Å². The first kappa shape index (κ1) is 21.8. The Morgan fingerprint density at radius 1 is 0.935 bits per heavy atom. The van der Waals surface area contributed by atoms with Gasteiger partial charge in [-0.3, -0.25) is 9.78 Å². The minimum atomic E-state index is -1.26. The number of rotatable bonds is 8. The molecular weight excluding hydrogens is 394 g/mol. The van der Waals surface area contributed by atoms with Gasteiger partial charge in [-0.2, -0.15) is 0 Å². The summed E-state index contributed by atoms with van der Waals surface area (Å²) in [6.45, 7) is 2.04. The summed E-state index contributed by atoms with van der Waals surface area (Å²) < 4.78 is 5.30. The van der Waals surface area contributed by atoms with Crippen LogP contribution < -0.4 is 10.6 Å². The van der Waals surface area contributed by atoms with E-state index in [9.17, 15) is 14.7 Å². The van der Waals surface area contributed by atoms with Crippen LogP contribution in [-0.2, 0) is 29.1 Å². The van der Waals surface area contributed by atoms with E-state index in [0.717, 1.165) is 16.7 Å². The smallest absolute Gasteiger partial charge is 0.408 e. The van der Waals surface area contributed by atoms with Crippen molar-refractivity contribution in [3.63, 3.8) is 0 Å². The molecule has 3 rings (SSSR count). The molecule has 1 aromatic heterocycles. The number of benzene rings is 2. The Kier molecular flexibility index (Phi) is 7.22. The number of nitrogens with zero attached hydrogens (tertiary/aromatic N) is 1. The van der Waals surface area contributed by atoms with Crippen LogP contribution in [0.5, 0.6) is 5.75 Å². The lowest BCUT2D eigenvalue weighted by Crippen LogP contribution is -2.58. The molecule has 0 saturated heterocycles. The van der Waals surface area contributed by atoms with Gasteiger partial charge in [0.2, 0.25) is 5.91 Å². The highest BCUT2D eigenvalue weighted by Crippen LogP contribution is 2.18. The Morgan fingerprint density at radius 3 is 2.29 bits per heavy atom. The van der Waals surface area contributed by atoms with E-state index in [4.69, 9.17) is 4.74 Å². The highest BCUT2D eigenvalue weighted by molar-refractivity contribution is 5.89. The topological polar surface area (TPSA) is 101 Å². The van der Waals surface area contributed by atoms with Crippen LogP contribution in [0.4, 0.5) is 4.79 Å². The molecule has 7 heteroatoms. The summed E-state index contributed by atoms with van der Waals surface area (Å²) in [6.07, 6.45) is 2.75. The van der Waals surface area contributed by atoms with E-state index in [-0.39, 0.29) is 24.7 Å². The summed E-state index contributed by atoms with van der Waals surface area (Å²) in [7, 11) is 0. The summed E-state index contributed by atoms with van der Waals surface area (Å²) in [6, 6.07) is 19.5. The first-order valence-corrected chi connectivity index (χ1v) is 9.88. The molecule has 2 aromatic carbocycles. The van der Waals surface area contributed by atoms with Gasteiger partial charge < -0.3 is 20.5 Å². The van der Waals surface area contributed by atoms with Crippen LogP contribution in [0.25, 0.3) is 0 Å². The van der Waals surface area contributed by atoms with Crippen LogP contribution in [0.15, 0.2) is 79.1 Å². The third-order valence-electron chi connectivity index (χ3n) is 4.79. The van der Waals surface area contributed by atoms with Crippen LogP contribution >= 0.6 is 0 Å². The van der Waals surface area contributed by atoms with Crippen LogP contribution in [0.2, 0.25) is 0 Å². The number of phenolic OH excluding ortho intramolecular Hbond substituents is 1. The highest BCUT2D eigenvalue weighted by atomic mass is 16.5. The van der Waals surface area contributed by atoms with Gasteiger partial charge in [0.1, 0.15) is 17.9 Å². The molecule has 0 saturated carbocycles. The number of aromatic hydroxyl groups is 1. The zero-order valence-electron chi connectivity index (χ0n) is 17.2.